The summed E-state index contributed by atoms with van der Waals surface area (Å²) in [6, 6.07) is 1.26. The van der Waals surface area contributed by atoms with Gasteiger partial charge in [0, 0.05) is 35.8 Å². The molecule has 13 heteroatoms. The molecule has 1 fully saturated rings. The van der Waals surface area contributed by atoms with Gasteiger partial charge < -0.3 is 30.5 Å². The van der Waals surface area contributed by atoms with Crippen LogP contribution in [0.2, 0.25) is 0 Å². The van der Waals surface area contributed by atoms with Crippen molar-refractivity contribution in [3.8, 4) is 0 Å². The summed E-state index contributed by atoms with van der Waals surface area (Å²) in [5.74, 6) is -0.0547. The number of aliphatic hydroxyl groups excluding tert-OH is 2. The predicted octanol–water partition coefficient (Wildman–Crippen LogP) is -2.83. The number of hydrogen-bond acceptors (Lipinski definition) is 8. The standard InChI is InChI=1S/C9H14N3O8P.Na/c10-5-1-2-12(9(15)11-5)8-7(20-21(16,17)18)6(14)4(3-13)19-8;/h1-2,4,6-8,13-14H,3H2,(H2,10,11,15)(H2,16,17,18);/t4-,6-,7-,8-;/m1./s1. The maximum absolute atomic E-state index is 11.7. The summed E-state index contributed by atoms with van der Waals surface area (Å²) in [7, 11) is -4.95. The molecule has 2 rings (SSSR count). The summed E-state index contributed by atoms with van der Waals surface area (Å²) in [6.45, 7) is -0.629. The zero-order valence-electron chi connectivity index (χ0n) is 11.5. The van der Waals surface area contributed by atoms with Gasteiger partial charge in [-0.3, -0.25) is 9.09 Å². The second-order valence-electron chi connectivity index (χ2n) is 4.34. The van der Waals surface area contributed by atoms with Crippen molar-refractivity contribution in [3.05, 3.63) is 22.7 Å². The van der Waals surface area contributed by atoms with E-state index < -0.39 is 44.7 Å². The first-order chi connectivity index (χ1) is 9.73. The molecule has 4 atom stereocenters. The van der Waals surface area contributed by atoms with E-state index >= 15 is 0 Å². The molecule has 1 aliphatic rings. The number of hydrogen-bond donors (Lipinski definition) is 5. The third kappa shape index (κ3) is 4.36. The van der Waals surface area contributed by atoms with E-state index in [1.807, 2.05) is 0 Å². The molecule has 1 radical (unpaired) electrons. The Labute approximate surface area is 146 Å². The minimum atomic E-state index is -4.95. The summed E-state index contributed by atoms with van der Waals surface area (Å²) >= 11 is 0. The van der Waals surface area contributed by atoms with Crippen LogP contribution in [-0.4, -0.2) is 84.0 Å². The molecule has 0 amide bonds. The molecule has 0 saturated carbocycles. The van der Waals surface area contributed by atoms with Crippen molar-refractivity contribution in [2.45, 2.75) is 24.5 Å². The van der Waals surface area contributed by atoms with Gasteiger partial charge in [0.2, 0.25) is 0 Å². The smallest absolute Gasteiger partial charge is 0.394 e. The Morgan fingerprint density at radius 3 is 2.64 bits per heavy atom. The Kier molecular flexibility index (Phi) is 6.72. The van der Waals surface area contributed by atoms with Crippen LogP contribution in [0.4, 0.5) is 5.82 Å². The SMILES string of the molecule is Nc1ccn([C@@H]2O[C@H](CO)[C@@H](O)[C@H]2OP(=O)(O)O)c(=O)n1.[Na]. The first kappa shape index (κ1) is 19.7. The molecule has 6 N–H and O–H groups in total. The fourth-order valence-electron chi connectivity index (χ4n) is 1.98. The minimum Gasteiger partial charge on any atom is -0.394 e. The van der Waals surface area contributed by atoms with Gasteiger partial charge in [-0.2, -0.15) is 4.98 Å². The molecule has 2 heterocycles. The molecule has 1 aromatic rings. The van der Waals surface area contributed by atoms with Gasteiger partial charge in [-0.05, 0) is 6.07 Å². The maximum atomic E-state index is 11.7. The molecule has 1 aliphatic heterocycles. The van der Waals surface area contributed by atoms with Crippen molar-refractivity contribution in [2.24, 2.45) is 0 Å². The number of phosphoric acid groups is 1. The summed E-state index contributed by atoms with van der Waals surface area (Å²) < 4.78 is 21.5. The third-order valence-corrected chi connectivity index (χ3v) is 3.40. The van der Waals surface area contributed by atoms with Crippen molar-refractivity contribution in [1.82, 2.24) is 9.55 Å². The van der Waals surface area contributed by atoms with Gasteiger partial charge in [-0.15, -0.1) is 0 Å². The summed E-state index contributed by atoms with van der Waals surface area (Å²) in [6.07, 6.45) is -4.47. The van der Waals surface area contributed by atoms with E-state index in [0.717, 1.165) is 4.57 Å². The number of nitrogen functional groups attached to an aromatic ring is 1. The topological polar surface area (TPSA) is 177 Å². The summed E-state index contributed by atoms with van der Waals surface area (Å²) in [5, 5.41) is 18.9. The van der Waals surface area contributed by atoms with E-state index in [9.17, 15) is 14.5 Å². The third-order valence-electron chi connectivity index (χ3n) is 2.88. The van der Waals surface area contributed by atoms with Crippen LogP contribution < -0.4 is 11.4 Å². The fraction of sp³-hybridized carbons (Fsp3) is 0.556. The first-order valence-corrected chi connectivity index (χ1v) is 7.29. The van der Waals surface area contributed by atoms with Gasteiger partial charge in [0.1, 0.15) is 24.1 Å². The molecule has 22 heavy (non-hydrogen) atoms. The number of nitrogens with two attached hydrogens (primary N) is 1. The Bertz CT molecular complexity index is 621. The quantitative estimate of drug-likeness (QED) is 0.282. The van der Waals surface area contributed by atoms with Crippen molar-refractivity contribution >= 4 is 43.2 Å². The number of aromatic nitrogens is 2. The summed E-state index contributed by atoms with van der Waals surface area (Å²) in [5.41, 5.74) is 4.48. The maximum Gasteiger partial charge on any atom is 0.470 e. The van der Waals surface area contributed by atoms with E-state index in [4.69, 9.17) is 25.4 Å². The van der Waals surface area contributed by atoms with Crippen molar-refractivity contribution in [3.63, 3.8) is 0 Å². The number of aliphatic hydroxyl groups is 2. The predicted molar refractivity (Wildman–Crippen MR) is 72.6 cm³/mol. The number of nitrogens with zero attached hydrogens (tertiary/aromatic N) is 2. The Balaban J connectivity index is 0.00000242. The van der Waals surface area contributed by atoms with Crippen LogP contribution >= 0.6 is 7.82 Å². The molecule has 119 valence electrons. The molecule has 0 spiro atoms. The van der Waals surface area contributed by atoms with Gasteiger partial charge >= 0.3 is 13.5 Å². The van der Waals surface area contributed by atoms with Gasteiger partial charge in [0.15, 0.2) is 6.23 Å². The molecule has 1 aromatic heterocycles. The van der Waals surface area contributed by atoms with Crippen LogP contribution in [0.3, 0.4) is 0 Å². The van der Waals surface area contributed by atoms with E-state index in [1.165, 1.54) is 12.3 Å². The van der Waals surface area contributed by atoms with E-state index in [0.29, 0.717) is 0 Å². The number of ether oxygens (including phenoxy) is 1. The monoisotopic (exact) mass is 346 g/mol. The second-order valence-corrected chi connectivity index (χ2v) is 5.53. The van der Waals surface area contributed by atoms with Gasteiger partial charge in [-0.25, -0.2) is 9.36 Å². The van der Waals surface area contributed by atoms with Crippen LogP contribution in [0.5, 0.6) is 0 Å². The van der Waals surface area contributed by atoms with Crippen molar-refractivity contribution < 1.29 is 33.8 Å². The molecule has 0 unspecified atom stereocenters. The van der Waals surface area contributed by atoms with Crippen LogP contribution in [0.1, 0.15) is 6.23 Å². The Morgan fingerprint density at radius 2 is 2.14 bits per heavy atom. The fourth-order valence-corrected chi connectivity index (χ4v) is 2.53. The molecular formula is C9H14N3NaO8P. The van der Waals surface area contributed by atoms with Crippen LogP contribution in [0.15, 0.2) is 17.1 Å². The van der Waals surface area contributed by atoms with Crippen LogP contribution in [-0.2, 0) is 13.8 Å². The van der Waals surface area contributed by atoms with Gasteiger partial charge in [-0.1, -0.05) is 0 Å². The molecule has 11 nitrogen and oxygen atoms in total. The van der Waals surface area contributed by atoms with Crippen LogP contribution in [0, 0.1) is 0 Å². The molecule has 0 bridgehead atoms. The average Bonchev–Trinajstić information content (AvgIpc) is 2.65. The first-order valence-electron chi connectivity index (χ1n) is 5.76. The Hall–Kier alpha value is -0.330. The van der Waals surface area contributed by atoms with E-state index in [1.54, 1.807) is 0 Å². The van der Waals surface area contributed by atoms with Gasteiger partial charge in [0.05, 0.1) is 6.61 Å². The molecule has 0 aromatic carbocycles. The number of phosphoric ester groups is 1. The molecular weight excluding hydrogens is 332 g/mol. The number of anilines is 1. The van der Waals surface area contributed by atoms with Gasteiger partial charge in [0.25, 0.3) is 0 Å². The zero-order valence-corrected chi connectivity index (χ0v) is 14.4. The average molecular weight is 346 g/mol. The molecule has 0 aliphatic carbocycles. The van der Waals surface area contributed by atoms with Crippen molar-refractivity contribution in [1.29, 1.82) is 0 Å². The van der Waals surface area contributed by atoms with E-state index in [-0.39, 0.29) is 35.4 Å². The Morgan fingerprint density at radius 1 is 1.50 bits per heavy atom. The summed E-state index contributed by atoms with van der Waals surface area (Å²) in [4.78, 5) is 32.9. The normalized spacial score (nSPS) is 28.4. The second kappa shape index (κ2) is 7.49. The molecule has 1 saturated heterocycles. The van der Waals surface area contributed by atoms with Crippen molar-refractivity contribution in [2.75, 3.05) is 12.3 Å². The van der Waals surface area contributed by atoms with E-state index in [2.05, 4.69) is 9.51 Å². The minimum absolute atomic E-state index is 0. The number of rotatable bonds is 4. The zero-order chi connectivity index (χ0) is 15.8. The van der Waals surface area contributed by atoms with Crippen LogP contribution in [0.25, 0.3) is 0 Å². The largest absolute Gasteiger partial charge is 0.470 e.